The molecule has 0 aromatic rings. The van der Waals surface area contributed by atoms with Crippen LogP contribution >= 0.6 is 0 Å². The molecule has 2 saturated carbocycles. The Bertz CT molecular complexity index is 1720. The van der Waals surface area contributed by atoms with E-state index in [0.29, 0.717) is 38.8 Å². The Kier molecular flexibility index (Phi) is 26.9. The van der Waals surface area contributed by atoms with Crippen LogP contribution in [0.25, 0.3) is 10.4 Å². The molecule has 30 nitrogen and oxygen atoms in total. The molecule has 4 heterocycles. The molecule has 0 spiro atoms. The van der Waals surface area contributed by atoms with Gasteiger partial charge in [-0.25, -0.2) is 0 Å². The summed E-state index contributed by atoms with van der Waals surface area (Å²) in [5.74, 6) is 0. The molecular weight excluding hydrogens is 1000 g/mol. The lowest BCUT2D eigenvalue weighted by Crippen LogP contribution is -2.69. The zero-order valence-corrected chi connectivity index (χ0v) is 45.6. The standard InChI is InChI=1S/C23H46N8O8.C23H48N6O8/c1-25-8-14-13(32)7-12(28-4)22(36-14)38-20-10(26-2)6-11(27-3)21(19(20)35)39-23-18(34)16(29-5)17(33)15(37-23)9-30-31-24;1-25-9-15-13(30)7-12(28-4)22(35-15)36-20-10(26-2)6-11(27-3)21(19(20)33)37-23-18(32)16(29-5)17(31)14(8-24)34-23/h10-23,25-29,32-35H,6-9H2,1-5H3;10-23,25-33H,6-9,24H2,1-5H3. The van der Waals surface area contributed by atoms with Crippen molar-refractivity contribution < 1.29 is 78.7 Å². The summed E-state index contributed by atoms with van der Waals surface area (Å²) >= 11 is 0. The molecule has 4 saturated heterocycles. The van der Waals surface area contributed by atoms with Crippen LogP contribution in [0.4, 0.5) is 0 Å². The van der Waals surface area contributed by atoms with Crippen molar-refractivity contribution in [1.82, 2.24) is 53.2 Å². The number of azide groups is 1. The van der Waals surface area contributed by atoms with Crippen LogP contribution in [0.5, 0.6) is 0 Å². The van der Waals surface area contributed by atoms with E-state index in [1.54, 1.807) is 70.5 Å². The fourth-order valence-corrected chi connectivity index (χ4v) is 11.4. The van der Waals surface area contributed by atoms with Crippen molar-refractivity contribution in [3.05, 3.63) is 10.4 Å². The molecule has 76 heavy (non-hydrogen) atoms. The lowest BCUT2D eigenvalue weighted by atomic mass is 9.83. The molecule has 30 heteroatoms. The van der Waals surface area contributed by atoms with Gasteiger partial charge in [0, 0.05) is 48.7 Å². The lowest BCUT2D eigenvalue weighted by molar-refractivity contribution is -0.315. The van der Waals surface area contributed by atoms with Gasteiger partial charge in [0.15, 0.2) is 25.2 Å². The number of hydrogen-bond donors (Lipinski definition) is 19. The number of hydrogen-bond acceptors (Lipinski definition) is 28. The van der Waals surface area contributed by atoms with Crippen LogP contribution in [0.3, 0.4) is 0 Å². The highest BCUT2D eigenvalue weighted by Crippen LogP contribution is 2.35. The summed E-state index contributed by atoms with van der Waals surface area (Å²) < 4.78 is 49.0. The molecule has 6 aliphatic rings. The van der Waals surface area contributed by atoms with E-state index in [4.69, 9.17) is 49.2 Å². The normalized spacial score (nSPS) is 46.1. The predicted octanol–water partition coefficient (Wildman–Crippen LogP) is -8.70. The first-order valence-corrected chi connectivity index (χ1v) is 26.5. The van der Waals surface area contributed by atoms with Crippen molar-refractivity contribution in [3.8, 4) is 0 Å². The van der Waals surface area contributed by atoms with Gasteiger partial charge in [-0.05, 0) is 102 Å². The van der Waals surface area contributed by atoms with E-state index in [2.05, 4.69) is 63.2 Å². The van der Waals surface area contributed by atoms with Gasteiger partial charge in [-0.15, -0.1) is 0 Å². The molecule has 0 radical (unpaired) electrons. The number of likely N-dealkylation sites (N-methyl/N-ethyl adjacent to an activating group) is 10. The molecule has 444 valence electrons. The van der Waals surface area contributed by atoms with Crippen molar-refractivity contribution in [2.75, 3.05) is 96.7 Å². The minimum absolute atomic E-state index is 0.0340. The number of aliphatic hydroxyl groups is 8. The van der Waals surface area contributed by atoms with Crippen LogP contribution < -0.4 is 58.9 Å². The first-order valence-electron chi connectivity index (χ1n) is 26.5. The number of nitrogens with one attached hydrogen (secondary N) is 10. The van der Waals surface area contributed by atoms with Crippen molar-refractivity contribution in [3.63, 3.8) is 0 Å². The van der Waals surface area contributed by atoms with Gasteiger partial charge in [-0.3, -0.25) is 0 Å². The lowest BCUT2D eigenvalue weighted by Gasteiger charge is -2.49. The SMILES string of the molecule is CNCC1OC(OC2C(NC)CC(NC)C(OC3OC(CN)C(O)C(NC)C3O)C2O)C(NC)CC1O.CNCC1OC(OC2C(NC)CC(NC)C(OC3OC(CN=[N+]=[N-])C(O)C(NC)C3O)C2O)C(NC)CC1O. The summed E-state index contributed by atoms with van der Waals surface area (Å²) in [6.07, 6.45) is -16.1. The Morgan fingerprint density at radius 3 is 1.08 bits per heavy atom. The summed E-state index contributed by atoms with van der Waals surface area (Å²) in [5, 5.41) is 121. The predicted molar refractivity (Wildman–Crippen MR) is 274 cm³/mol. The monoisotopic (exact) mass is 1100 g/mol. The highest BCUT2D eigenvalue weighted by molar-refractivity contribution is 5.05. The highest BCUT2D eigenvalue weighted by Gasteiger charge is 2.54. The third kappa shape index (κ3) is 15.4. The van der Waals surface area contributed by atoms with E-state index in [9.17, 15) is 40.9 Å². The summed E-state index contributed by atoms with van der Waals surface area (Å²) in [7, 11) is 17.4. The second-order valence-corrected chi connectivity index (χ2v) is 20.4. The second kappa shape index (κ2) is 31.4. The summed E-state index contributed by atoms with van der Waals surface area (Å²) in [6, 6.07) is -3.33. The zero-order chi connectivity index (χ0) is 56.0. The van der Waals surface area contributed by atoms with Gasteiger partial charge in [0.25, 0.3) is 0 Å². The van der Waals surface area contributed by atoms with Crippen molar-refractivity contribution >= 4 is 0 Å². The first-order chi connectivity index (χ1) is 36.5. The maximum Gasteiger partial charge on any atom is 0.186 e. The van der Waals surface area contributed by atoms with E-state index in [0.717, 1.165) is 0 Å². The molecule has 6 fully saturated rings. The van der Waals surface area contributed by atoms with E-state index < -0.39 is 135 Å². The maximum atomic E-state index is 11.6. The molecule has 0 amide bonds. The van der Waals surface area contributed by atoms with Crippen LogP contribution in [0.15, 0.2) is 5.11 Å². The molecule has 6 rings (SSSR count). The van der Waals surface area contributed by atoms with E-state index in [1.165, 1.54) is 0 Å². The maximum absolute atomic E-state index is 11.6. The quantitative estimate of drug-likeness (QED) is 0.0257. The molecule has 28 unspecified atom stereocenters. The van der Waals surface area contributed by atoms with E-state index in [-0.39, 0.29) is 49.3 Å². The van der Waals surface area contributed by atoms with Gasteiger partial charge < -0.3 is 138 Å². The molecule has 0 aromatic heterocycles. The smallest absolute Gasteiger partial charge is 0.186 e. The first kappa shape index (κ1) is 65.0. The summed E-state index contributed by atoms with van der Waals surface area (Å²) in [4.78, 5) is 2.73. The van der Waals surface area contributed by atoms with E-state index >= 15 is 0 Å². The number of ether oxygens (including phenoxy) is 8. The average molecular weight is 1100 g/mol. The van der Waals surface area contributed by atoms with Gasteiger partial charge in [0.2, 0.25) is 0 Å². The molecule has 0 bridgehead atoms. The molecular formula is C46H94N14O16. The Morgan fingerprint density at radius 1 is 0.434 bits per heavy atom. The van der Waals surface area contributed by atoms with Gasteiger partial charge in [-0.1, -0.05) is 5.11 Å². The topological polar surface area (TPSA) is 431 Å². The minimum Gasteiger partial charge on any atom is -0.390 e. The highest BCUT2D eigenvalue weighted by atomic mass is 16.7. The number of nitrogens with two attached hydrogens (primary N) is 1. The van der Waals surface area contributed by atoms with Crippen LogP contribution in [0.1, 0.15) is 25.7 Å². The Morgan fingerprint density at radius 2 is 0.763 bits per heavy atom. The van der Waals surface area contributed by atoms with Crippen LogP contribution in [-0.4, -0.2) is 309 Å². The largest absolute Gasteiger partial charge is 0.390 e. The Balaban J connectivity index is 0.000000281. The van der Waals surface area contributed by atoms with Gasteiger partial charge in [-0.2, -0.15) is 0 Å². The van der Waals surface area contributed by atoms with Gasteiger partial charge in [0.05, 0.1) is 73.4 Å². The van der Waals surface area contributed by atoms with Crippen molar-refractivity contribution in [2.45, 2.75) is 197 Å². The molecule has 2 aliphatic carbocycles. The zero-order valence-electron chi connectivity index (χ0n) is 45.6. The molecule has 4 aliphatic heterocycles. The summed E-state index contributed by atoms with van der Waals surface area (Å²) in [5.41, 5.74) is 14.5. The third-order valence-electron chi connectivity index (χ3n) is 15.9. The molecule has 0 aromatic carbocycles. The fourth-order valence-electron chi connectivity index (χ4n) is 11.4. The van der Waals surface area contributed by atoms with Crippen LogP contribution in [-0.2, 0) is 37.9 Å². The number of aliphatic hydroxyl groups excluding tert-OH is 8. The van der Waals surface area contributed by atoms with Gasteiger partial charge in [0.1, 0.15) is 54.9 Å². The van der Waals surface area contributed by atoms with E-state index in [1.807, 2.05) is 0 Å². The Hall–Kier alpha value is -1.77. The summed E-state index contributed by atoms with van der Waals surface area (Å²) in [6.45, 7) is 0.750. The number of nitrogens with zero attached hydrogens (tertiary/aromatic N) is 3. The Labute approximate surface area is 445 Å². The third-order valence-corrected chi connectivity index (χ3v) is 15.9. The van der Waals surface area contributed by atoms with Crippen LogP contribution in [0, 0.1) is 0 Å². The minimum atomic E-state index is -1.28. The average Bonchev–Trinajstić information content (AvgIpc) is 3.43. The molecule has 20 N–H and O–H groups in total. The van der Waals surface area contributed by atoms with Crippen molar-refractivity contribution in [2.24, 2.45) is 10.8 Å². The van der Waals surface area contributed by atoms with Gasteiger partial charge >= 0.3 is 0 Å². The number of rotatable bonds is 23. The fraction of sp³-hybridized carbons (Fsp3) is 1.00. The van der Waals surface area contributed by atoms with Crippen LogP contribution in [0.2, 0.25) is 0 Å². The van der Waals surface area contributed by atoms with Crippen molar-refractivity contribution in [1.29, 1.82) is 0 Å². The second-order valence-electron chi connectivity index (χ2n) is 20.4. The molecule has 28 atom stereocenters.